The Hall–Kier alpha value is -3.01. The zero-order valence-electron chi connectivity index (χ0n) is 13.2. The molecule has 0 aliphatic heterocycles. The summed E-state index contributed by atoms with van der Waals surface area (Å²) in [6, 6.07) is 19.2. The first-order chi connectivity index (χ1) is 11.1. The fourth-order valence-electron chi connectivity index (χ4n) is 2.36. The topological polar surface area (TPSA) is 40.8 Å². The Morgan fingerprint density at radius 3 is 2.48 bits per heavy atom. The standard InChI is InChI=1S/C19H19N3O/c1-21(2)16-8-10-17(11-9-16)22-12-4-6-18(22)14-20-15-5-3-7-19(23)13-15/h3-14,23H,1-2H3. The van der Waals surface area contributed by atoms with Gasteiger partial charge in [0.15, 0.2) is 0 Å². The highest BCUT2D eigenvalue weighted by atomic mass is 16.3. The number of anilines is 1. The fraction of sp³-hybridized carbons (Fsp3) is 0.105. The molecule has 0 amide bonds. The molecular weight excluding hydrogens is 286 g/mol. The van der Waals surface area contributed by atoms with E-state index >= 15 is 0 Å². The quantitative estimate of drug-likeness (QED) is 0.740. The molecule has 3 aromatic rings. The number of aliphatic imine (C=N–C) groups is 1. The van der Waals surface area contributed by atoms with Gasteiger partial charge in [0, 0.05) is 37.7 Å². The van der Waals surface area contributed by atoms with Crippen LogP contribution in [0.4, 0.5) is 11.4 Å². The highest BCUT2D eigenvalue weighted by molar-refractivity contribution is 5.81. The van der Waals surface area contributed by atoms with E-state index in [-0.39, 0.29) is 5.75 Å². The van der Waals surface area contributed by atoms with Gasteiger partial charge in [0.25, 0.3) is 0 Å². The Morgan fingerprint density at radius 2 is 1.78 bits per heavy atom. The van der Waals surface area contributed by atoms with Crippen molar-refractivity contribution in [3.05, 3.63) is 72.6 Å². The lowest BCUT2D eigenvalue weighted by atomic mass is 10.2. The second-order valence-corrected chi connectivity index (χ2v) is 5.49. The average molecular weight is 305 g/mol. The summed E-state index contributed by atoms with van der Waals surface area (Å²) in [7, 11) is 4.05. The lowest BCUT2D eigenvalue weighted by Crippen LogP contribution is -2.08. The van der Waals surface area contributed by atoms with E-state index in [0.717, 1.165) is 22.8 Å². The predicted octanol–water partition coefficient (Wildman–Crippen LogP) is 4.00. The number of nitrogens with zero attached hydrogens (tertiary/aromatic N) is 3. The molecule has 2 aromatic carbocycles. The normalized spacial score (nSPS) is 11.0. The van der Waals surface area contributed by atoms with Gasteiger partial charge in [-0.1, -0.05) is 6.07 Å². The van der Waals surface area contributed by atoms with Gasteiger partial charge in [-0.3, -0.25) is 4.99 Å². The third kappa shape index (κ3) is 3.43. The van der Waals surface area contributed by atoms with Gasteiger partial charge in [-0.05, 0) is 48.5 Å². The summed E-state index contributed by atoms with van der Waals surface area (Å²) in [6.45, 7) is 0. The maximum Gasteiger partial charge on any atom is 0.117 e. The van der Waals surface area contributed by atoms with Crippen molar-refractivity contribution in [3.8, 4) is 11.4 Å². The van der Waals surface area contributed by atoms with Gasteiger partial charge >= 0.3 is 0 Å². The van der Waals surface area contributed by atoms with Gasteiger partial charge in [0.2, 0.25) is 0 Å². The van der Waals surface area contributed by atoms with Crippen LogP contribution in [-0.4, -0.2) is 30.0 Å². The highest BCUT2D eigenvalue weighted by Crippen LogP contribution is 2.20. The minimum absolute atomic E-state index is 0.217. The van der Waals surface area contributed by atoms with Crippen LogP contribution in [0.5, 0.6) is 5.75 Å². The van der Waals surface area contributed by atoms with Crippen molar-refractivity contribution < 1.29 is 5.11 Å². The third-order valence-corrected chi connectivity index (χ3v) is 3.60. The number of phenols is 1. The van der Waals surface area contributed by atoms with Crippen LogP contribution < -0.4 is 4.90 Å². The van der Waals surface area contributed by atoms with Crippen LogP contribution in [-0.2, 0) is 0 Å². The molecule has 0 aliphatic rings. The first-order valence-electron chi connectivity index (χ1n) is 7.42. The second-order valence-electron chi connectivity index (χ2n) is 5.49. The lowest BCUT2D eigenvalue weighted by molar-refractivity contribution is 0.475. The van der Waals surface area contributed by atoms with Gasteiger partial charge in [-0.25, -0.2) is 0 Å². The van der Waals surface area contributed by atoms with Gasteiger partial charge in [0.1, 0.15) is 5.75 Å². The van der Waals surface area contributed by atoms with Crippen LogP contribution >= 0.6 is 0 Å². The SMILES string of the molecule is CN(C)c1ccc(-n2cccc2C=Nc2cccc(O)c2)cc1. The number of benzene rings is 2. The maximum absolute atomic E-state index is 9.49. The van der Waals surface area contributed by atoms with Crippen LogP contribution in [0.2, 0.25) is 0 Å². The molecule has 0 spiro atoms. The summed E-state index contributed by atoms with van der Waals surface area (Å²) in [4.78, 5) is 6.50. The number of rotatable bonds is 4. The molecule has 0 bridgehead atoms. The Balaban J connectivity index is 1.87. The molecule has 0 atom stereocenters. The Morgan fingerprint density at radius 1 is 1.00 bits per heavy atom. The van der Waals surface area contributed by atoms with Crippen molar-refractivity contribution in [3.63, 3.8) is 0 Å². The highest BCUT2D eigenvalue weighted by Gasteiger charge is 2.02. The van der Waals surface area contributed by atoms with E-state index in [9.17, 15) is 5.11 Å². The predicted molar refractivity (Wildman–Crippen MR) is 95.5 cm³/mol. The van der Waals surface area contributed by atoms with Crippen molar-refractivity contribution in [1.82, 2.24) is 4.57 Å². The van der Waals surface area contributed by atoms with Crippen LogP contribution in [0, 0.1) is 0 Å². The van der Waals surface area contributed by atoms with Crippen LogP contribution in [0.1, 0.15) is 5.69 Å². The molecule has 4 heteroatoms. The van der Waals surface area contributed by atoms with Crippen molar-refractivity contribution in [2.75, 3.05) is 19.0 Å². The second kappa shape index (κ2) is 6.40. The van der Waals surface area contributed by atoms with Crippen LogP contribution in [0.15, 0.2) is 71.9 Å². The molecule has 1 N–H and O–H groups in total. The van der Waals surface area contributed by atoms with E-state index in [1.54, 1.807) is 24.4 Å². The Labute approximate surface area is 136 Å². The van der Waals surface area contributed by atoms with E-state index in [4.69, 9.17) is 0 Å². The largest absolute Gasteiger partial charge is 0.508 e. The molecule has 3 rings (SSSR count). The van der Waals surface area contributed by atoms with Crippen molar-refractivity contribution in [2.24, 2.45) is 4.99 Å². The van der Waals surface area contributed by atoms with E-state index in [1.807, 2.05) is 38.5 Å². The van der Waals surface area contributed by atoms with Crippen molar-refractivity contribution in [2.45, 2.75) is 0 Å². The molecule has 23 heavy (non-hydrogen) atoms. The lowest BCUT2D eigenvalue weighted by Gasteiger charge is -2.13. The molecule has 4 nitrogen and oxygen atoms in total. The summed E-state index contributed by atoms with van der Waals surface area (Å²) in [6.07, 6.45) is 3.81. The van der Waals surface area contributed by atoms with E-state index in [0.29, 0.717) is 0 Å². The van der Waals surface area contributed by atoms with Gasteiger partial charge in [-0.2, -0.15) is 0 Å². The molecule has 0 aliphatic carbocycles. The first kappa shape index (κ1) is 14.9. The van der Waals surface area contributed by atoms with Crippen molar-refractivity contribution >= 4 is 17.6 Å². The average Bonchev–Trinajstić information content (AvgIpc) is 3.01. The van der Waals surface area contributed by atoms with E-state index in [1.165, 1.54) is 0 Å². The zero-order chi connectivity index (χ0) is 16.2. The molecule has 0 saturated carbocycles. The first-order valence-corrected chi connectivity index (χ1v) is 7.42. The number of hydrogen-bond donors (Lipinski definition) is 1. The summed E-state index contributed by atoms with van der Waals surface area (Å²) < 4.78 is 2.08. The summed E-state index contributed by atoms with van der Waals surface area (Å²) >= 11 is 0. The molecule has 0 fully saturated rings. The molecular formula is C19H19N3O. The monoisotopic (exact) mass is 305 g/mol. The maximum atomic E-state index is 9.49. The number of aromatic nitrogens is 1. The van der Waals surface area contributed by atoms with E-state index in [2.05, 4.69) is 38.7 Å². The molecule has 0 unspecified atom stereocenters. The van der Waals surface area contributed by atoms with Gasteiger partial charge in [0.05, 0.1) is 17.6 Å². The van der Waals surface area contributed by atoms with Gasteiger partial charge in [-0.15, -0.1) is 0 Å². The fourth-order valence-corrected chi connectivity index (χ4v) is 2.36. The molecule has 0 radical (unpaired) electrons. The smallest absolute Gasteiger partial charge is 0.117 e. The summed E-state index contributed by atoms with van der Waals surface area (Å²) in [5.41, 5.74) is 3.94. The van der Waals surface area contributed by atoms with E-state index < -0.39 is 0 Å². The molecule has 1 aromatic heterocycles. The zero-order valence-corrected chi connectivity index (χ0v) is 13.2. The minimum atomic E-state index is 0.217. The molecule has 116 valence electrons. The molecule has 1 heterocycles. The summed E-state index contributed by atoms with van der Waals surface area (Å²) in [5, 5.41) is 9.49. The molecule has 0 saturated heterocycles. The van der Waals surface area contributed by atoms with Crippen LogP contribution in [0.3, 0.4) is 0 Å². The number of aromatic hydroxyl groups is 1. The van der Waals surface area contributed by atoms with Crippen LogP contribution in [0.25, 0.3) is 5.69 Å². The third-order valence-electron chi connectivity index (χ3n) is 3.60. The Kier molecular flexibility index (Phi) is 4.15. The van der Waals surface area contributed by atoms with Crippen molar-refractivity contribution in [1.29, 1.82) is 0 Å². The summed E-state index contributed by atoms with van der Waals surface area (Å²) in [5.74, 6) is 0.217. The van der Waals surface area contributed by atoms with Gasteiger partial charge < -0.3 is 14.6 Å². The number of phenolic OH excluding ortho intramolecular Hbond substituents is 1. The minimum Gasteiger partial charge on any atom is -0.508 e. The Bertz CT molecular complexity index is 817. The number of hydrogen-bond acceptors (Lipinski definition) is 3.